The molecule has 2 amide bonds. The van der Waals surface area contributed by atoms with Crippen molar-refractivity contribution in [2.24, 2.45) is 0 Å². The Morgan fingerprint density at radius 1 is 0.619 bits per heavy atom. The number of carbonyl (C=O) groups excluding carboxylic acids is 2. The predicted octanol–water partition coefficient (Wildman–Crippen LogP) is 2.13. The van der Waals surface area contributed by atoms with Crippen LogP contribution in [0.1, 0.15) is 52.8 Å². The molecule has 9 heteroatoms. The Morgan fingerprint density at radius 2 is 1.07 bits per heavy atom. The minimum Gasteiger partial charge on any atom is -0.271 e. The van der Waals surface area contributed by atoms with E-state index >= 15 is 0 Å². The van der Waals surface area contributed by atoms with Gasteiger partial charge in [-0.15, -0.1) is 10.2 Å². The van der Waals surface area contributed by atoms with Crippen molar-refractivity contribution >= 4 is 33.6 Å². The molecule has 42 heavy (non-hydrogen) atoms. The highest BCUT2D eigenvalue weighted by molar-refractivity contribution is 6.20. The Balaban J connectivity index is 0.000000652. The fourth-order valence-corrected chi connectivity index (χ4v) is 5.72. The minimum atomic E-state index is -4.94. The molecule has 1 aliphatic rings. The van der Waals surface area contributed by atoms with Crippen LogP contribution in [0.25, 0.3) is 27.5 Å². The molecule has 0 aliphatic heterocycles. The monoisotopic (exact) mass is 584 g/mol. The fourth-order valence-electron chi connectivity index (χ4n) is 5.72. The largest absolute Gasteiger partial charge is 0.271 e. The Kier molecular flexibility index (Phi) is 8.91. The van der Waals surface area contributed by atoms with Crippen LogP contribution in [-0.4, -0.2) is 22.8 Å². The third-order valence-electron chi connectivity index (χ3n) is 7.46. The van der Waals surface area contributed by atoms with Gasteiger partial charge in [-0.05, 0) is 37.1 Å². The first-order valence-corrected chi connectivity index (χ1v) is 14.9. The van der Waals surface area contributed by atoms with Crippen LogP contribution in [0.4, 0.5) is 0 Å². The number of halogens is 1. The van der Waals surface area contributed by atoms with Crippen molar-refractivity contribution in [1.29, 1.82) is 0 Å². The summed E-state index contributed by atoms with van der Waals surface area (Å²) in [6, 6.07) is 35.3. The van der Waals surface area contributed by atoms with E-state index in [1.807, 2.05) is 72.8 Å². The zero-order valence-corrected chi connectivity index (χ0v) is 23.5. The van der Waals surface area contributed by atoms with Gasteiger partial charge in [-0.3, -0.25) is 14.5 Å². The molecule has 1 saturated carbocycles. The summed E-state index contributed by atoms with van der Waals surface area (Å²) in [5.41, 5.74) is 4.04. The number of imide groups is 1. The van der Waals surface area contributed by atoms with E-state index < -0.39 is 10.2 Å². The number of para-hydroxylation sites is 3. The quantitative estimate of drug-likeness (QED) is 0.180. The number of aromatic nitrogens is 1. The molecule has 0 unspecified atom stereocenters. The molecule has 5 aromatic rings. The lowest BCUT2D eigenvalue weighted by Crippen LogP contribution is -2.68. The van der Waals surface area contributed by atoms with Crippen molar-refractivity contribution in [3.63, 3.8) is 0 Å². The van der Waals surface area contributed by atoms with E-state index in [1.165, 1.54) is 0 Å². The van der Waals surface area contributed by atoms with Gasteiger partial charge in [0.1, 0.15) is 0 Å². The van der Waals surface area contributed by atoms with E-state index in [4.69, 9.17) is 18.6 Å². The maximum Gasteiger partial charge on any atom is 0.262 e. The smallest absolute Gasteiger partial charge is 0.262 e. The summed E-state index contributed by atoms with van der Waals surface area (Å²) in [5.74, 6) is -0.432. The van der Waals surface area contributed by atoms with Crippen LogP contribution in [0, 0.1) is 10.2 Å². The summed E-state index contributed by atoms with van der Waals surface area (Å²) in [6.07, 6.45) is 4.89. The molecule has 0 spiro atoms. The molecule has 1 heterocycles. The molecule has 1 aromatic heterocycles. The Bertz CT molecular complexity index is 1640. The molecule has 0 N–H and O–H groups in total. The molecular weight excluding hydrogens is 556 g/mol. The molecule has 0 radical (unpaired) electrons. The van der Waals surface area contributed by atoms with E-state index in [-0.39, 0.29) is 17.9 Å². The van der Waals surface area contributed by atoms with Crippen LogP contribution in [0.15, 0.2) is 109 Å². The Morgan fingerprint density at radius 3 is 1.60 bits per heavy atom. The van der Waals surface area contributed by atoms with E-state index in [0.717, 1.165) is 59.6 Å². The lowest BCUT2D eigenvalue weighted by Gasteiger charge is -2.33. The summed E-state index contributed by atoms with van der Waals surface area (Å²) >= 11 is 0. The van der Waals surface area contributed by atoms with Crippen molar-refractivity contribution in [2.45, 2.75) is 38.1 Å². The van der Waals surface area contributed by atoms with Gasteiger partial charge in [-0.25, -0.2) is 18.6 Å². The first-order chi connectivity index (χ1) is 20.2. The van der Waals surface area contributed by atoms with Gasteiger partial charge in [-0.1, -0.05) is 79.9 Å². The zero-order chi connectivity index (χ0) is 29.7. The summed E-state index contributed by atoms with van der Waals surface area (Å²) in [4.78, 5) is 30.1. The third kappa shape index (κ3) is 6.49. The normalized spacial score (nSPS) is 13.8. The van der Waals surface area contributed by atoms with E-state index in [2.05, 4.69) is 28.8 Å². The van der Waals surface area contributed by atoms with Gasteiger partial charge in [-0.2, -0.15) is 4.57 Å². The highest BCUT2D eigenvalue weighted by atomic mass is 35.7. The average molecular weight is 585 g/mol. The van der Waals surface area contributed by atoms with Gasteiger partial charge in [0, 0.05) is 35.9 Å². The first-order valence-electron chi connectivity index (χ1n) is 13.7. The molecule has 0 bridgehead atoms. The highest BCUT2D eigenvalue weighted by Gasteiger charge is 2.35. The van der Waals surface area contributed by atoms with Crippen LogP contribution in [0.2, 0.25) is 0 Å². The molecule has 1 fully saturated rings. The number of amides is 2. The molecule has 0 saturated heterocycles. The van der Waals surface area contributed by atoms with Gasteiger partial charge in [0.2, 0.25) is 16.7 Å². The number of hydrogen-bond donors (Lipinski definition) is 0. The first kappa shape index (κ1) is 29.3. The highest BCUT2D eigenvalue weighted by Crippen LogP contribution is 2.31. The topological polar surface area (TPSA) is 134 Å². The Hall–Kier alpha value is -4.18. The lowest BCUT2D eigenvalue weighted by molar-refractivity contribution is -2.00. The van der Waals surface area contributed by atoms with E-state index in [9.17, 15) is 9.59 Å². The second-order valence-electron chi connectivity index (χ2n) is 10.1. The number of hydrogen-bond acceptors (Lipinski definition) is 6. The van der Waals surface area contributed by atoms with Crippen molar-refractivity contribution in [2.75, 3.05) is 0 Å². The van der Waals surface area contributed by atoms with Crippen LogP contribution in [0.5, 0.6) is 0 Å². The molecule has 4 aromatic carbocycles. The Labute approximate surface area is 245 Å². The van der Waals surface area contributed by atoms with Gasteiger partial charge < -0.3 is 0 Å². The van der Waals surface area contributed by atoms with Crippen molar-refractivity contribution in [3.05, 3.63) is 120 Å². The number of carbonyl (C=O) groups is 2. The number of rotatable bonds is 4. The van der Waals surface area contributed by atoms with Crippen LogP contribution in [0.3, 0.4) is 0 Å². The standard InChI is InChI=1S/C33H29N2O2.ClHO4/c36-32(24-14-4-1-5-15-24)35(26-18-8-3-9-19-26)33(37)31-27-20-10-12-22-29(27)34(25-16-6-2-7-17-25)30-23-13-11-21-28(30)31;2-1(3,4)5/h1-2,4-7,10-17,20-23,26H,3,8-9,18-19H2;(H,2,3,4,5)/q+1;/p-1. The van der Waals surface area contributed by atoms with Gasteiger partial charge >= 0.3 is 0 Å². The molecule has 8 nitrogen and oxygen atoms in total. The van der Waals surface area contributed by atoms with Crippen molar-refractivity contribution < 1.29 is 43.0 Å². The second kappa shape index (κ2) is 12.8. The molecule has 1 aliphatic carbocycles. The van der Waals surface area contributed by atoms with Crippen molar-refractivity contribution in [3.8, 4) is 5.69 Å². The van der Waals surface area contributed by atoms with Crippen LogP contribution in [-0.2, 0) is 0 Å². The molecular formula is C33H29ClN2O6. The zero-order valence-electron chi connectivity index (χ0n) is 22.7. The number of benzene rings is 4. The number of nitrogens with zero attached hydrogens (tertiary/aromatic N) is 2. The number of fused-ring (bicyclic) bond motifs is 2. The van der Waals surface area contributed by atoms with Gasteiger partial charge in [0.05, 0.1) is 16.3 Å². The molecule has 6 rings (SSSR count). The van der Waals surface area contributed by atoms with E-state index in [0.29, 0.717) is 11.1 Å². The minimum absolute atomic E-state index is 0.104. The fraction of sp³-hybridized carbons (Fsp3) is 0.182. The summed E-state index contributed by atoms with van der Waals surface area (Å²) in [6.45, 7) is 0. The maximum atomic E-state index is 14.6. The van der Waals surface area contributed by atoms with Crippen molar-refractivity contribution in [1.82, 2.24) is 4.90 Å². The lowest BCUT2D eigenvalue weighted by atomic mass is 9.92. The van der Waals surface area contributed by atoms with Gasteiger partial charge in [0.25, 0.3) is 11.8 Å². The summed E-state index contributed by atoms with van der Waals surface area (Å²) in [7, 11) is -4.94. The third-order valence-corrected chi connectivity index (χ3v) is 7.46. The molecule has 214 valence electrons. The summed E-state index contributed by atoms with van der Waals surface area (Å²) < 4.78 is 36.2. The van der Waals surface area contributed by atoms with Crippen LogP contribution >= 0.6 is 0 Å². The second-order valence-corrected chi connectivity index (χ2v) is 10.9. The van der Waals surface area contributed by atoms with Gasteiger partial charge in [0.15, 0.2) is 0 Å². The number of pyridine rings is 1. The van der Waals surface area contributed by atoms with E-state index in [1.54, 1.807) is 17.0 Å². The SMILES string of the molecule is O=C(c1ccccc1)N(C(=O)c1c2ccccc2[n+](-c2ccccc2)c2ccccc12)C1CCCCC1.[O-][Cl+3]([O-])([O-])[O-]. The maximum absolute atomic E-state index is 14.6. The summed E-state index contributed by atoms with van der Waals surface area (Å²) in [5, 5.41) is 1.69. The molecule has 0 atom stereocenters. The van der Waals surface area contributed by atoms with Crippen LogP contribution < -0.4 is 23.2 Å². The average Bonchev–Trinajstić information content (AvgIpc) is 3.00. The predicted molar refractivity (Wildman–Crippen MR) is 147 cm³/mol.